The van der Waals surface area contributed by atoms with Crippen LogP contribution in [0.25, 0.3) is 5.65 Å². The summed E-state index contributed by atoms with van der Waals surface area (Å²) in [5, 5.41) is 0. The lowest BCUT2D eigenvalue weighted by Gasteiger charge is -2.19. The number of aromatic nitrogens is 3. The predicted octanol–water partition coefficient (Wildman–Crippen LogP) is 1.63. The van der Waals surface area contributed by atoms with Crippen LogP contribution in [0.3, 0.4) is 0 Å². The van der Waals surface area contributed by atoms with Crippen molar-refractivity contribution < 1.29 is 0 Å². The molecule has 0 aliphatic heterocycles. The van der Waals surface area contributed by atoms with E-state index in [9.17, 15) is 4.79 Å². The van der Waals surface area contributed by atoms with Crippen LogP contribution in [0.2, 0.25) is 0 Å². The first kappa shape index (κ1) is 12.5. The first-order valence-corrected chi connectivity index (χ1v) is 6.27. The Balaban J connectivity index is 2.55. The van der Waals surface area contributed by atoms with Crippen LogP contribution in [0.15, 0.2) is 23.1 Å². The quantitative estimate of drug-likeness (QED) is 0.823. The van der Waals surface area contributed by atoms with Crippen LogP contribution in [-0.2, 0) is 0 Å². The van der Waals surface area contributed by atoms with Crippen molar-refractivity contribution in [3.8, 4) is 0 Å². The first-order chi connectivity index (χ1) is 8.65. The highest BCUT2D eigenvalue weighted by Crippen LogP contribution is 2.08. The predicted molar refractivity (Wildman–Crippen MR) is 72.2 cm³/mol. The number of hydrogen-bond acceptors (Lipinski definition) is 4. The van der Waals surface area contributed by atoms with Crippen molar-refractivity contribution in [1.29, 1.82) is 0 Å². The molecule has 0 unspecified atom stereocenters. The van der Waals surface area contributed by atoms with E-state index in [2.05, 4.69) is 16.9 Å². The van der Waals surface area contributed by atoms with Crippen LogP contribution >= 0.6 is 0 Å². The van der Waals surface area contributed by atoms with E-state index in [0.29, 0.717) is 11.6 Å². The Morgan fingerprint density at radius 1 is 1.28 bits per heavy atom. The van der Waals surface area contributed by atoms with Gasteiger partial charge < -0.3 is 4.90 Å². The molecular formula is C13H18N4O. The molecule has 0 radical (unpaired) electrons. The Kier molecular flexibility index (Phi) is 3.60. The molecule has 0 atom stereocenters. The van der Waals surface area contributed by atoms with E-state index in [-0.39, 0.29) is 5.69 Å². The minimum atomic E-state index is -0.270. The lowest BCUT2D eigenvalue weighted by molar-refractivity contribution is 0.751. The van der Waals surface area contributed by atoms with Gasteiger partial charge >= 0.3 is 5.69 Å². The Morgan fingerprint density at radius 3 is 2.72 bits per heavy atom. The Labute approximate surface area is 106 Å². The van der Waals surface area contributed by atoms with Crippen LogP contribution < -0.4 is 10.6 Å². The highest BCUT2D eigenvalue weighted by Gasteiger charge is 2.09. The van der Waals surface area contributed by atoms with Gasteiger partial charge in [-0.2, -0.15) is 9.97 Å². The second-order valence-electron chi connectivity index (χ2n) is 4.32. The molecule has 0 saturated carbocycles. The van der Waals surface area contributed by atoms with E-state index in [4.69, 9.17) is 0 Å². The molecule has 5 heteroatoms. The summed E-state index contributed by atoms with van der Waals surface area (Å²) in [6, 6.07) is 3.79. The van der Waals surface area contributed by atoms with Gasteiger partial charge in [0.15, 0.2) is 0 Å². The van der Waals surface area contributed by atoms with Gasteiger partial charge in [0.1, 0.15) is 5.65 Å². The summed E-state index contributed by atoms with van der Waals surface area (Å²) >= 11 is 0. The third-order valence-corrected chi connectivity index (χ3v) is 2.85. The maximum atomic E-state index is 12.0. The van der Waals surface area contributed by atoms with Gasteiger partial charge in [-0.1, -0.05) is 13.0 Å². The molecule has 2 rings (SSSR count). The van der Waals surface area contributed by atoms with Crippen molar-refractivity contribution in [2.45, 2.75) is 27.2 Å². The van der Waals surface area contributed by atoms with E-state index in [1.807, 2.05) is 30.9 Å². The standard InChI is InChI=1S/C13H18N4O/c1-4-8-16(5-2)12-14-11-7-6-10(3)9-17(11)13(18)15-12/h6-7,9H,4-5,8H2,1-3H3. The number of rotatable bonds is 4. The zero-order valence-electron chi connectivity index (χ0n) is 11.1. The Bertz CT molecular complexity index is 605. The molecular weight excluding hydrogens is 228 g/mol. The van der Waals surface area contributed by atoms with Gasteiger partial charge in [-0.15, -0.1) is 0 Å². The van der Waals surface area contributed by atoms with Crippen molar-refractivity contribution in [2.75, 3.05) is 18.0 Å². The molecule has 0 bridgehead atoms. The zero-order chi connectivity index (χ0) is 13.1. The molecule has 0 saturated heterocycles. The normalized spacial score (nSPS) is 10.8. The zero-order valence-corrected chi connectivity index (χ0v) is 11.1. The minimum absolute atomic E-state index is 0.270. The maximum Gasteiger partial charge on any atom is 0.356 e. The summed E-state index contributed by atoms with van der Waals surface area (Å²) < 4.78 is 1.48. The SMILES string of the molecule is CCCN(CC)c1nc(=O)n2cc(C)ccc2n1. The summed E-state index contributed by atoms with van der Waals surface area (Å²) in [7, 11) is 0. The summed E-state index contributed by atoms with van der Waals surface area (Å²) in [6.07, 6.45) is 2.77. The third kappa shape index (κ3) is 2.34. The molecule has 0 aliphatic rings. The lowest BCUT2D eigenvalue weighted by atomic mass is 10.3. The molecule has 2 aromatic rings. The second kappa shape index (κ2) is 5.16. The van der Waals surface area contributed by atoms with Gasteiger partial charge in [0, 0.05) is 19.3 Å². The number of aryl methyl sites for hydroxylation is 1. The Hall–Kier alpha value is -1.91. The second-order valence-corrected chi connectivity index (χ2v) is 4.32. The van der Waals surface area contributed by atoms with Gasteiger partial charge in [-0.3, -0.25) is 4.40 Å². The molecule has 18 heavy (non-hydrogen) atoms. The topological polar surface area (TPSA) is 50.5 Å². The first-order valence-electron chi connectivity index (χ1n) is 6.27. The fraction of sp³-hybridized carbons (Fsp3) is 0.462. The molecule has 0 amide bonds. The van der Waals surface area contributed by atoms with Crippen molar-refractivity contribution in [3.05, 3.63) is 34.4 Å². The smallest absolute Gasteiger partial charge is 0.341 e. The fourth-order valence-electron chi connectivity index (χ4n) is 1.92. The average molecular weight is 246 g/mol. The highest BCUT2D eigenvalue weighted by atomic mass is 16.1. The largest absolute Gasteiger partial charge is 0.356 e. The summed E-state index contributed by atoms with van der Waals surface area (Å²) in [6.45, 7) is 7.73. The van der Waals surface area contributed by atoms with Crippen molar-refractivity contribution in [3.63, 3.8) is 0 Å². The van der Waals surface area contributed by atoms with Gasteiger partial charge in [0.25, 0.3) is 0 Å². The molecule has 0 aromatic carbocycles. The van der Waals surface area contributed by atoms with Crippen LogP contribution in [0.5, 0.6) is 0 Å². The van der Waals surface area contributed by atoms with Crippen molar-refractivity contribution >= 4 is 11.6 Å². The van der Waals surface area contributed by atoms with E-state index < -0.39 is 0 Å². The summed E-state index contributed by atoms with van der Waals surface area (Å²) in [4.78, 5) is 22.5. The molecule has 0 aliphatic carbocycles. The third-order valence-electron chi connectivity index (χ3n) is 2.85. The maximum absolute atomic E-state index is 12.0. The van der Waals surface area contributed by atoms with Crippen LogP contribution in [0.1, 0.15) is 25.8 Å². The lowest BCUT2D eigenvalue weighted by Crippen LogP contribution is -2.30. The molecule has 2 heterocycles. The van der Waals surface area contributed by atoms with E-state index in [1.54, 1.807) is 6.20 Å². The Morgan fingerprint density at radius 2 is 2.06 bits per heavy atom. The number of pyridine rings is 1. The number of hydrogen-bond donors (Lipinski definition) is 0. The van der Waals surface area contributed by atoms with Gasteiger partial charge in [0.2, 0.25) is 5.95 Å². The number of nitrogens with zero attached hydrogens (tertiary/aromatic N) is 4. The molecule has 5 nitrogen and oxygen atoms in total. The summed E-state index contributed by atoms with van der Waals surface area (Å²) in [5.41, 5.74) is 1.39. The van der Waals surface area contributed by atoms with E-state index in [0.717, 1.165) is 25.1 Å². The molecule has 2 aromatic heterocycles. The van der Waals surface area contributed by atoms with E-state index in [1.165, 1.54) is 4.40 Å². The van der Waals surface area contributed by atoms with Gasteiger partial charge in [-0.25, -0.2) is 4.79 Å². The number of anilines is 1. The fourth-order valence-corrected chi connectivity index (χ4v) is 1.92. The van der Waals surface area contributed by atoms with Crippen molar-refractivity contribution in [2.24, 2.45) is 0 Å². The summed E-state index contributed by atoms with van der Waals surface area (Å²) in [5.74, 6) is 0.521. The van der Waals surface area contributed by atoms with Gasteiger partial charge in [-0.05, 0) is 31.9 Å². The van der Waals surface area contributed by atoms with Crippen molar-refractivity contribution in [1.82, 2.24) is 14.4 Å². The molecule has 0 fully saturated rings. The van der Waals surface area contributed by atoms with Crippen LogP contribution in [-0.4, -0.2) is 27.5 Å². The minimum Gasteiger partial charge on any atom is -0.341 e. The number of fused-ring (bicyclic) bond motifs is 1. The van der Waals surface area contributed by atoms with E-state index >= 15 is 0 Å². The highest BCUT2D eigenvalue weighted by molar-refractivity contribution is 5.44. The molecule has 96 valence electrons. The van der Waals surface area contributed by atoms with Gasteiger partial charge in [0.05, 0.1) is 0 Å². The average Bonchev–Trinajstić information content (AvgIpc) is 2.36. The molecule has 0 N–H and O–H groups in total. The monoisotopic (exact) mass is 246 g/mol. The van der Waals surface area contributed by atoms with Crippen LogP contribution in [0, 0.1) is 6.92 Å². The molecule has 0 spiro atoms. The van der Waals surface area contributed by atoms with Crippen LogP contribution in [0.4, 0.5) is 5.95 Å².